The van der Waals surface area contributed by atoms with Crippen molar-refractivity contribution >= 4 is 17.6 Å². The van der Waals surface area contributed by atoms with E-state index in [1.165, 1.54) is 5.56 Å². The zero-order valence-corrected chi connectivity index (χ0v) is 15.8. The van der Waals surface area contributed by atoms with E-state index in [1.54, 1.807) is 0 Å². The fourth-order valence-electron chi connectivity index (χ4n) is 2.59. The van der Waals surface area contributed by atoms with Gasteiger partial charge in [-0.3, -0.25) is 4.68 Å². The SMILES string of the molecule is CCNC(=NCc1c(C)nn(C)c1C)NC(C)c1cccc(Cl)c1. The number of aromatic nitrogens is 2. The second-order valence-electron chi connectivity index (χ2n) is 5.89. The highest BCUT2D eigenvalue weighted by Gasteiger charge is 2.11. The molecule has 130 valence electrons. The van der Waals surface area contributed by atoms with E-state index in [1.807, 2.05) is 36.9 Å². The highest BCUT2D eigenvalue weighted by atomic mass is 35.5. The van der Waals surface area contributed by atoms with E-state index in [9.17, 15) is 0 Å². The molecule has 0 aliphatic carbocycles. The van der Waals surface area contributed by atoms with Crippen LogP contribution in [0.1, 0.15) is 42.4 Å². The number of nitrogens with zero attached hydrogens (tertiary/aromatic N) is 3. The van der Waals surface area contributed by atoms with Crippen LogP contribution in [0.4, 0.5) is 0 Å². The zero-order chi connectivity index (χ0) is 17.7. The van der Waals surface area contributed by atoms with E-state index in [0.717, 1.165) is 34.5 Å². The van der Waals surface area contributed by atoms with E-state index in [4.69, 9.17) is 16.6 Å². The normalized spacial score (nSPS) is 13.0. The summed E-state index contributed by atoms with van der Waals surface area (Å²) in [4.78, 5) is 4.71. The van der Waals surface area contributed by atoms with Gasteiger partial charge < -0.3 is 10.6 Å². The average Bonchev–Trinajstić information content (AvgIpc) is 2.78. The Kier molecular flexibility index (Phi) is 6.26. The van der Waals surface area contributed by atoms with Crippen molar-refractivity contribution in [2.75, 3.05) is 6.54 Å². The Labute approximate surface area is 149 Å². The first kappa shape index (κ1) is 18.3. The van der Waals surface area contributed by atoms with Crippen molar-refractivity contribution in [2.24, 2.45) is 12.0 Å². The number of aryl methyl sites for hydroxylation is 2. The van der Waals surface area contributed by atoms with E-state index >= 15 is 0 Å². The molecule has 0 spiro atoms. The minimum absolute atomic E-state index is 0.109. The fraction of sp³-hybridized carbons (Fsp3) is 0.444. The molecule has 0 fully saturated rings. The van der Waals surface area contributed by atoms with E-state index in [2.05, 4.69) is 42.6 Å². The molecule has 1 atom stereocenters. The van der Waals surface area contributed by atoms with Crippen molar-refractivity contribution < 1.29 is 0 Å². The minimum Gasteiger partial charge on any atom is -0.357 e. The van der Waals surface area contributed by atoms with Crippen LogP contribution in [-0.4, -0.2) is 22.3 Å². The number of aliphatic imine (C=N–C) groups is 1. The lowest BCUT2D eigenvalue weighted by atomic mass is 10.1. The summed E-state index contributed by atoms with van der Waals surface area (Å²) in [6.45, 7) is 9.65. The maximum Gasteiger partial charge on any atom is 0.192 e. The van der Waals surface area contributed by atoms with Gasteiger partial charge in [-0.15, -0.1) is 0 Å². The van der Waals surface area contributed by atoms with Crippen molar-refractivity contribution in [1.29, 1.82) is 0 Å². The van der Waals surface area contributed by atoms with Crippen LogP contribution >= 0.6 is 11.6 Å². The van der Waals surface area contributed by atoms with E-state index in [0.29, 0.717) is 6.54 Å². The first-order chi connectivity index (χ1) is 11.4. The molecule has 0 aliphatic rings. The van der Waals surface area contributed by atoms with Gasteiger partial charge in [0.1, 0.15) is 0 Å². The molecular weight excluding hydrogens is 322 g/mol. The van der Waals surface area contributed by atoms with Gasteiger partial charge in [-0.25, -0.2) is 4.99 Å². The molecule has 0 aliphatic heterocycles. The third-order valence-corrected chi connectivity index (χ3v) is 4.34. The van der Waals surface area contributed by atoms with Gasteiger partial charge in [0, 0.05) is 29.9 Å². The van der Waals surface area contributed by atoms with Gasteiger partial charge in [0.2, 0.25) is 0 Å². The molecule has 2 N–H and O–H groups in total. The van der Waals surface area contributed by atoms with Gasteiger partial charge in [0.05, 0.1) is 18.3 Å². The van der Waals surface area contributed by atoms with Gasteiger partial charge in [-0.1, -0.05) is 23.7 Å². The Morgan fingerprint density at radius 3 is 2.71 bits per heavy atom. The topological polar surface area (TPSA) is 54.2 Å². The average molecular weight is 348 g/mol. The molecule has 0 saturated heterocycles. The second-order valence-corrected chi connectivity index (χ2v) is 6.33. The molecular formula is C18H26ClN5. The first-order valence-electron chi connectivity index (χ1n) is 8.21. The largest absolute Gasteiger partial charge is 0.357 e. The Bertz CT molecular complexity index is 720. The van der Waals surface area contributed by atoms with Crippen LogP contribution in [0.5, 0.6) is 0 Å². The smallest absolute Gasteiger partial charge is 0.192 e. The molecule has 0 saturated carbocycles. The third kappa shape index (κ3) is 4.51. The molecule has 1 heterocycles. The molecule has 2 aromatic rings. The second kappa shape index (κ2) is 8.20. The van der Waals surface area contributed by atoms with Crippen LogP contribution in [0.2, 0.25) is 5.02 Å². The predicted octanol–water partition coefficient (Wildman–Crippen LogP) is 3.51. The van der Waals surface area contributed by atoms with Crippen molar-refractivity contribution in [3.8, 4) is 0 Å². The summed E-state index contributed by atoms with van der Waals surface area (Å²) < 4.78 is 1.90. The zero-order valence-electron chi connectivity index (χ0n) is 15.0. The number of halogens is 1. The quantitative estimate of drug-likeness (QED) is 0.643. The number of rotatable bonds is 5. The molecule has 0 bridgehead atoms. The molecule has 24 heavy (non-hydrogen) atoms. The molecule has 0 amide bonds. The molecule has 6 heteroatoms. The van der Waals surface area contributed by atoms with Gasteiger partial charge >= 0.3 is 0 Å². The fourth-order valence-corrected chi connectivity index (χ4v) is 2.79. The molecule has 1 unspecified atom stereocenters. The monoisotopic (exact) mass is 347 g/mol. The number of benzene rings is 1. The van der Waals surface area contributed by atoms with Crippen LogP contribution in [-0.2, 0) is 13.6 Å². The summed E-state index contributed by atoms with van der Waals surface area (Å²) in [6, 6.07) is 7.98. The van der Waals surface area contributed by atoms with Crippen LogP contribution in [0.25, 0.3) is 0 Å². The summed E-state index contributed by atoms with van der Waals surface area (Å²) in [5.41, 5.74) is 4.47. The molecule has 5 nitrogen and oxygen atoms in total. The van der Waals surface area contributed by atoms with Crippen molar-refractivity contribution in [2.45, 2.75) is 40.3 Å². The van der Waals surface area contributed by atoms with Crippen molar-refractivity contribution in [3.05, 3.63) is 51.8 Å². The Morgan fingerprint density at radius 1 is 1.38 bits per heavy atom. The number of guanidine groups is 1. The van der Waals surface area contributed by atoms with Gasteiger partial charge in [0.15, 0.2) is 5.96 Å². The summed E-state index contributed by atoms with van der Waals surface area (Å²) in [5.74, 6) is 0.785. The minimum atomic E-state index is 0.109. The Balaban J connectivity index is 2.13. The van der Waals surface area contributed by atoms with Crippen LogP contribution in [0.15, 0.2) is 29.3 Å². The summed E-state index contributed by atoms with van der Waals surface area (Å²) in [6.07, 6.45) is 0. The van der Waals surface area contributed by atoms with Crippen LogP contribution in [0, 0.1) is 13.8 Å². The lowest BCUT2D eigenvalue weighted by Crippen LogP contribution is -2.38. The standard InChI is InChI=1S/C18H26ClN5/c1-6-20-18(21-11-17-13(3)23-24(5)14(17)4)22-12(2)15-8-7-9-16(19)10-15/h7-10,12H,6,11H2,1-5H3,(H2,20,21,22). The maximum absolute atomic E-state index is 6.08. The van der Waals surface area contributed by atoms with Crippen LogP contribution in [0.3, 0.4) is 0 Å². The number of hydrogen-bond donors (Lipinski definition) is 2. The molecule has 1 aromatic heterocycles. The van der Waals surface area contributed by atoms with E-state index in [-0.39, 0.29) is 6.04 Å². The van der Waals surface area contributed by atoms with Crippen molar-refractivity contribution in [1.82, 2.24) is 20.4 Å². The Hall–Kier alpha value is -2.01. The first-order valence-corrected chi connectivity index (χ1v) is 8.59. The number of nitrogens with one attached hydrogen (secondary N) is 2. The molecule has 2 rings (SSSR count). The molecule has 0 radical (unpaired) electrons. The predicted molar refractivity (Wildman–Crippen MR) is 101 cm³/mol. The summed E-state index contributed by atoms with van der Waals surface area (Å²) in [7, 11) is 1.96. The lowest BCUT2D eigenvalue weighted by molar-refractivity contribution is 0.686. The van der Waals surface area contributed by atoms with Crippen molar-refractivity contribution in [3.63, 3.8) is 0 Å². The summed E-state index contributed by atoms with van der Waals surface area (Å²) >= 11 is 6.08. The maximum atomic E-state index is 6.08. The van der Waals surface area contributed by atoms with Gasteiger partial charge in [-0.2, -0.15) is 5.10 Å². The van der Waals surface area contributed by atoms with E-state index < -0.39 is 0 Å². The highest BCUT2D eigenvalue weighted by molar-refractivity contribution is 6.30. The Morgan fingerprint density at radius 2 is 2.12 bits per heavy atom. The lowest BCUT2D eigenvalue weighted by Gasteiger charge is -2.18. The summed E-state index contributed by atoms with van der Waals surface area (Å²) in [5, 5.41) is 11.9. The molecule has 1 aromatic carbocycles. The van der Waals surface area contributed by atoms with Crippen LogP contribution < -0.4 is 10.6 Å². The highest BCUT2D eigenvalue weighted by Crippen LogP contribution is 2.17. The van der Waals surface area contributed by atoms with Gasteiger partial charge in [-0.05, 0) is 45.4 Å². The third-order valence-electron chi connectivity index (χ3n) is 4.10. The van der Waals surface area contributed by atoms with Gasteiger partial charge in [0.25, 0.3) is 0 Å². The number of hydrogen-bond acceptors (Lipinski definition) is 2.